The van der Waals surface area contributed by atoms with Crippen molar-refractivity contribution in [2.45, 2.75) is 12.8 Å². The third kappa shape index (κ3) is 3.83. The average molecular weight is 349 g/mol. The van der Waals surface area contributed by atoms with E-state index in [9.17, 15) is 14.0 Å². The fourth-order valence-electron chi connectivity index (χ4n) is 2.38. The number of fused-ring (bicyclic) bond motifs is 1. The zero-order chi connectivity index (χ0) is 17.1. The Balaban J connectivity index is 1.59. The summed E-state index contributed by atoms with van der Waals surface area (Å²) in [5.41, 5.74) is 1.75. The maximum Gasteiger partial charge on any atom is 0.262 e. The van der Waals surface area contributed by atoms with Crippen molar-refractivity contribution in [1.82, 2.24) is 0 Å². The number of aryl methyl sites for hydroxylation is 1. The van der Waals surface area contributed by atoms with E-state index in [0.29, 0.717) is 18.6 Å². The van der Waals surface area contributed by atoms with Gasteiger partial charge in [0.25, 0.3) is 5.91 Å². The van der Waals surface area contributed by atoms with Gasteiger partial charge in [0, 0.05) is 17.1 Å². The van der Waals surface area contributed by atoms with Crippen LogP contribution < -0.4 is 15.4 Å². The molecule has 124 valence electrons. The van der Waals surface area contributed by atoms with Crippen molar-refractivity contribution >= 4 is 34.8 Å². The monoisotopic (exact) mass is 348 g/mol. The molecule has 0 saturated carbocycles. The maximum atomic E-state index is 13.6. The summed E-state index contributed by atoms with van der Waals surface area (Å²) in [4.78, 5) is 23.2. The van der Waals surface area contributed by atoms with Crippen LogP contribution in [0.15, 0.2) is 36.4 Å². The van der Waals surface area contributed by atoms with Gasteiger partial charge in [-0.05, 0) is 48.4 Å². The largest absolute Gasteiger partial charge is 0.484 e. The SMILES string of the molecule is O=C(COc1ccc2c(c1)CCC(=O)N2)Nc1ccc(Cl)cc1F. The molecule has 5 nitrogen and oxygen atoms in total. The third-order valence-electron chi connectivity index (χ3n) is 3.55. The number of hydrogen-bond donors (Lipinski definition) is 2. The fourth-order valence-corrected chi connectivity index (χ4v) is 2.53. The molecule has 0 spiro atoms. The van der Waals surface area contributed by atoms with Crippen LogP contribution in [0.2, 0.25) is 5.02 Å². The molecule has 24 heavy (non-hydrogen) atoms. The Kier molecular flexibility index (Phi) is 4.66. The molecule has 0 fully saturated rings. The lowest BCUT2D eigenvalue weighted by atomic mass is 10.0. The molecule has 1 heterocycles. The highest BCUT2D eigenvalue weighted by Gasteiger charge is 2.15. The van der Waals surface area contributed by atoms with E-state index in [4.69, 9.17) is 16.3 Å². The number of halogens is 2. The van der Waals surface area contributed by atoms with Gasteiger partial charge in [-0.1, -0.05) is 11.6 Å². The lowest BCUT2D eigenvalue weighted by Gasteiger charge is -2.17. The summed E-state index contributed by atoms with van der Waals surface area (Å²) in [6.07, 6.45) is 1.05. The van der Waals surface area contributed by atoms with Crippen LogP contribution in [0, 0.1) is 5.82 Å². The van der Waals surface area contributed by atoms with Gasteiger partial charge in [0.05, 0.1) is 5.69 Å². The zero-order valence-electron chi connectivity index (χ0n) is 12.6. The molecule has 0 radical (unpaired) electrons. The van der Waals surface area contributed by atoms with Gasteiger partial charge >= 0.3 is 0 Å². The minimum atomic E-state index is -0.611. The van der Waals surface area contributed by atoms with Gasteiger partial charge in [0.15, 0.2) is 6.61 Å². The molecule has 0 aliphatic carbocycles. The van der Waals surface area contributed by atoms with E-state index >= 15 is 0 Å². The molecule has 1 aliphatic rings. The number of hydrogen-bond acceptors (Lipinski definition) is 3. The number of nitrogens with one attached hydrogen (secondary N) is 2. The highest BCUT2D eigenvalue weighted by Crippen LogP contribution is 2.26. The van der Waals surface area contributed by atoms with Crippen LogP contribution in [0.5, 0.6) is 5.75 Å². The number of rotatable bonds is 4. The predicted molar refractivity (Wildman–Crippen MR) is 88.9 cm³/mol. The Morgan fingerprint density at radius 3 is 2.88 bits per heavy atom. The van der Waals surface area contributed by atoms with Gasteiger partial charge in [0.1, 0.15) is 11.6 Å². The highest BCUT2D eigenvalue weighted by atomic mass is 35.5. The zero-order valence-corrected chi connectivity index (χ0v) is 13.3. The molecule has 3 rings (SSSR count). The molecule has 2 N–H and O–H groups in total. The number of anilines is 2. The van der Waals surface area contributed by atoms with Crippen LogP contribution in [0.25, 0.3) is 0 Å². The minimum absolute atomic E-state index is 0.0134. The highest BCUT2D eigenvalue weighted by molar-refractivity contribution is 6.30. The maximum absolute atomic E-state index is 13.6. The van der Waals surface area contributed by atoms with Crippen molar-refractivity contribution in [2.75, 3.05) is 17.2 Å². The molecule has 0 unspecified atom stereocenters. The van der Waals surface area contributed by atoms with E-state index in [1.54, 1.807) is 18.2 Å². The Labute approximate surface area is 142 Å². The molecular weight excluding hydrogens is 335 g/mol. The number of benzene rings is 2. The second kappa shape index (κ2) is 6.88. The molecule has 1 aliphatic heterocycles. The minimum Gasteiger partial charge on any atom is -0.484 e. The molecule has 7 heteroatoms. The van der Waals surface area contributed by atoms with Crippen molar-refractivity contribution in [1.29, 1.82) is 0 Å². The number of ether oxygens (including phenoxy) is 1. The first-order chi connectivity index (χ1) is 11.5. The quantitative estimate of drug-likeness (QED) is 0.890. The first kappa shape index (κ1) is 16.3. The van der Waals surface area contributed by atoms with Crippen molar-refractivity contribution in [2.24, 2.45) is 0 Å². The van der Waals surface area contributed by atoms with Crippen molar-refractivity contribution in [3.05, 3.63) is 52.8 Å². The standard InChI is InChI=1S/C17H14ClFN2O3/c18-11-2-4-15(13(19)8-11)21-17(23)9-24-12-3-5-14-10(7-12)1-6-16(22)20-14/h2-5,7-8H,1,6,9H2,(H,20,22)(H,21,23). The van der Waals surface area contributed by atoms with Gasteiger partial charge in [-0.3, -0.25) is 9.59 Å². The Morgan fingerprint density at radius 1 is 1.25 bits per heavy atom. The predicted octanol–water partition coefficient (Wildman–Crippen LogP) is 3.38. The molecule has 0 saturated heterocycles. The average Bonchev–Trinajstić information content (AvgIpc) is 2.55. The normalized spacial score (nSPS) is 13.0. The summed E-state index contributed by atoms with van der Waals surface area (Å²) in [6.45, 7) is -0.257. The van der Waals surface area contributed by atoms with Crippen LogP contribution >= 0.6 is 11.6 Å². The lowest BCUT2D eigenvalue weighted by molar-refractivity contribution is -0.118. The molecule has 2 aromatic carbocycles. The fraction of sp³-hybridized carbons (Fsp3) is 0.176. The van der Waals surface area contributed by atoms with E-state index in [1.807, 2.05) is 0 Å². The number of carbonyl (C=O) groups excluding carboxylic acids is 2. The van der Waals surface area contributed by atoms with Crippen LogP contribution in [-0.2, 0) is 16.0 Å². The first-order valence-electron chi connectivity index (χ1n) is 7.32. The van der Waals surface area contributed by atoms with E-state index in [0.717, 1.165) is 17.3 Å². The summed E-state index contributed by atoms with van der Waals surface area (Å²) < 4.78 is 19.0. The molecule has 0 aromatic heterocycles. The van der Waals surface area contributed by atoms with Crippen molar-refractivity contribution < 1.29 is 18.7 Å². The van der Waals surface area contributed by atoms with Gasteiger partial charge in [-0.2, -0.15) is 0 Å². The van der Waals surface area contributed by atoms with Crippen LogP contribution in [0.1, 0.15) is 12.0 Å². The summed E-state index contributed by atoms with van der Waals surface area (Å²) in [7, 11) is 0. The van der Waals surface area contributed by atoms with Gasteiger partial charge in [-0.15, -0.1) is 0 Å². The van der Waals surface area contributed by atoms with Crippen LogP contribution in [0.3, 0.4) is 0 Å². The Hall–Kier alpha value is -2.60. The Morgan fingerprint density at radius 2 is 2.08 bits per heavy atom. The van der Waals surface area contributed by atoms with Crippen LogP contribution in [-0.4, -0.2) is 18.4 Å². The number of carbonyl (C=O) groups is 2. The summed E-state index contributed by atoms with van der Waals surface area (Å²) >= 11 is 5.66. The van der Waals surface area contributed by atoms with Crippen molar-refractivity contribution in [3.8, 4) is 5.75 Å². The second-order valence-corrected chi connectivity index (χ2v) is 5.76. The van der Waals surface area contributed by atoms with E-state index in [2.05, 4.69) is 10.6 Å². The molecule has 2 amide bonds. The molecular formula is C17H14ClFN2O3. The summed E-state index contributed by atoms with van der Waals surface area (Å²) in [5, 5.41) is 5.44. The third-order valence-corrected chi connectivity index (χ3v) is 3.78. The van der Waals surface area contributed by atoms with Gasteiger partial charge < -0.3 is 15.4 Å². The van der Waals surface area contributed by atoms with E-state index < -0.39 is 11.7 Å². The molecule has 0 atom stereocenters. The Bertz CT molecular complexity index is 810. The number of amides is 2. The molecule has 2 aromatic rings. The van der Waals surface area contributed by atoms with Gasteiger partial charge in [-0.25, -0.2) is 4.39 Å². The lowest BCUT2D eigenvalue weighted by Crippen LogP contribution is -2.21. The molecule has 0 bridgehead atoms. The second-order valence-electron chi connectivity index (χ2n) is 5.33. The van der Waals surface area contributed by atoms with Crippen molar-refractivity contribution in [3.63, 3.8) is 0 Å². The van der Waals surface area contributed by atoms with E-state index in [1.165, 1.54) is 12.1 Å². The van der Waals surface area contributed by atoms with E-state index in [-0.39, 0.29) is 23.2 Å². The van der Waals surface area contributed by atoms with Gasteiger partial charge in [0.2, 0.25) is 5.91 Å². The first-order valence-corrected chi connectivity index (χ1v) is 7.69. The van der Waals surface area contributed by atoms with Crippen LogP contribution in [0.4, 0.5) is 15.8 Å². The summed E-state index contributed by atoms with van der Waals surface area (Å²) in [5.74, 6) is -0.597. The smallest absolute Gasteiger partial charge is 0.262 e. The summed E-state index contributed by atoms with van der Waals surface area (Å²) in [6, 6.07) is 9.18. The topological polar surface area (TPSA) is 67.4 Å².